The Morgan fingerprint density at radius 1 is 1.19 bits per heavy atom. The first kappa shape index (κ1) is 23.0. The fraction of sp³-hybridized carbons (Fsp3) is 0.500. The van der Waals surface area contributed by atoms with E-state index >= 15 is 0 Å². The van der Waals surface area contributed by atoms with Crippen LogP contribution in [0, 0.1) is 0 Å². The van der Waals surface area contributed by atoms with Crippen LogP contribution in [0.1, 0.15) is 23.3 Å². The van der Waals surface area contributed by atoms with Gasteiger partial charge in [-0.25, -0.2) is 8.42 Å². The second-order valence-corrected chi connectivity index (χ2v) is 11.2. The predicted molar refractivity (Wildman–Crippen MR) is 126 cm³/mol. The third kappa shape index (κ3) is 4.92. The minimum absolute atomic E-state index is 0.0731. The molecule has 1 aromatic heterocycles. The number of benzene rings is 1. The number of halogens is 1. The number of hydrogen-bond acceptors (Lipinski definition) is 8. The Morgan fingerprint density at radius 3 is 2.50 bits per heavy atom. The molecule has 0 radical (unpaired) electrons. The number of carbonyl (C=O) groups excluding carboxylic acids is 1. The van der Waals surface area contributed by atoms with E-state index in [9.17, 15) is 13.2 Å². The zero-order valence-corrected chi connectivity index (χ0v) is 20.2. The highest BCUT2D eigenvalue weighted by atomic mass is 79.9. The van der Waals surface area contributed by atoms with Gasteiger partial charge in [0.05, 0.1) is 10.9 Å². The Bertz CT molecular complexity index is 1080. The number of nitrogens with zero attached hydrogens (tertiary/aromatic N) is 4. The summed E-state index contributed by atoms with van der Waals surface area (Å²) in [5.74, 6) is -0.433. The van der Waals surface area contributed by atoms with Gasteiger partial charge in [0.2, 0.25) is 10.0 Å². The third-order valence-electron chi connectivity index (χ3n) is 6.00. The topological polar surface area (TPSA) is 125 Å². The van der Waals surface area contributed by atoms with Crippen LogP contribution in [-0.4, -0.2) is 80.1 Å². The molecule has 2 aliphatic rings. The summed E-state index contributed by atoms with van der Waals surface area (Å²) in [7, 11) is -1.26. The van der Waals surface area contributed by atoms with Crippen molar-refractivity contribution < 1.29 is 17.6 Å². The van der Waals surface area contributed by atoms with E-state index in [1.165, 1.54) is 6.26 Å². The first-order valence-corrected chi connectivity index (χ1v) is 12.8. The summed E-state index contributed by atoms with van der Waals surface area (Å²) >= 11 is 3.45. The number of nitrogen functional groups attached to an aromatic ring is 1. The van der Waals surface area contributed by atoms with Crippen LogP contribution in [0.15, 0.2) is 33.4 Å². The fourth-order valence-corrected chi connectivity index (χ4v) is 6.32. The number of amides is 1. The van der Waals surface area contributed by atoms with Crippen molar-refractivity contribution in [3.63, 3.8) is 0 Å². The lowest BCUT2D eigenvalue weighted by Gasteiger charge is -2.38. The fourth-order valence-electron chi connectivity index (χ4n) is 4.08. The van der Waals surface area contributed by atoms with Crippen LogP contribution in [0.2, 0.25) is 0 Å². The maximum atomic E-state index is 13.1. The van der Waals surface area contributed by atoms with E-state index in [0.29, 0.717) is 44.7 Å². The first-order valence-electron chi connectivity index (χ1n) is 10.5. The number of aromatic nitrogens is 1. The lowest BCUT2D eigenvalue weighted by atomic mass is 10.1. The standard InChI is InChI=1S/C20H27BrN6O4S/c1-25-6-4-15(5-7-25)32(29,30)27-10-8-26(9-11-27)14-2-3-16(21)17(12-14)23-19(28)18-13-31-20(22)24-18/h2-3,12-13,15H,4-11H2,1H3,(H2,22,24)(H,23,28). The van der Waals surface area contributed by atoms with Crippen LogP contribution in [0.5, 0.6) is 0 Å². The van der Waals surface area contributed by atoms with E-state index in [1.54, 1.807) is 4.31 Å². The monoisotopic (exact) mass is 526 g/mol. The molecule has 3 heterocycles. The molecule has 2 aliphatic heterocycles. The number of oxazole rings is 1. The molecular weight excluding hydrogens is 500 g/mol. The van der Waals surface area contributed by atoms with Crippen molar-refractivity contribution in [1.29, 1.82) is 0 Å². The van der Waals surface area contributed by atoms with Crippen LogP contribution in [0.25, 0.3) is 0 Å². The average molecular weight is 527 g/mol. The molecule has 1 aromatic carbocycles. The molecule has 32 heavy (non-hydrogen) atoms. The molecule has 2 saturated heterocycles. The summed E-state index contributed by atoms with van der Waals surface area (Å²) in [6, 6.07) is 5.57. The number of hydrogen-bond donors (Lipinski definition) is 2. The third-order valence-corrected chi connectivity index (χ3v) is 9.09. The Labute approximate surface area is 195 Å². The van der Waals surface area contributed by atoms with E-state index in [2.05, 4.69) is 36.0 Å². The van der Waals surface area contributed by atoms with Crippen LogP contribution in [0.3, 0.4) is 0 Å². The van der Waals surface area contributed by atoms with Crippen molar-refractivity contribution in [2.45, 2.75) is 18.1 Å². The average Bonchev–Trinajstić information content (AvgIpc) is 3.22. The molecule has 2 fully saturated rings. The Balaban J connectivity index is 1.40. The van der Waals surface area contributed by atoms with Crippen molar-refractivity contribution in [3.8, 4) is 0 Å². The van der Waals surface area contributed by atoms with Gasteiger partial charge < -0.3 is 25.3 Å². The summed E-state index contributed by atoms with van der Waals surface area (Å²) in [4.78, 5) is 20.5. The maximum absolute atomic E-state index is 13.1. The van der Waals surface area contributed by atoms with Gasteiger partial charge in [-0.1, -0.05) is 0 Å². The highest BCUT2D eigenvalue weighted by molar-refractivity contribution is 9.10. The van der Waals surface area contributed by atoms with Crippen molar-refractivity contribution in [2.24, 2.45) is 0 Å². The minimum atomic E-state index is -3.28. The lowest BCUT2D eigenvalue weighted by Crippen LogP contribution is -2.52. The highest BCUT2D eigenvalue weighted by Crippen LogP contribution is 2.30. The van der Waals surface area contributed by atoms with E-state index in [0.717, 1.165) is 23.2 Å². The summed E-state index contributed by atoms with van der Waals surface area (Å²) in [6.07, 6.45) is 2.57. The van der Waals surface area contributed by atoms with Gasteiger partial charge in [-0.3, -0.25) is 4.79 Å². The zero-order valence-electron chi connectivity index (χ0n) is 17.8. The summed E-state index contributed by atoms with van der Waals surface area (Å²) in [5, 5.41) is 2.51. The number of rotatable bonds is 5. The van der Waals surface area contributed by atoms with Gasteiger partial charge in [0, 0.05) is 36.3 Å². The summed E-state index contributed by atoms with van der Waals surface area (Å²) in [6.45, 7) is 3.70. The van der Waals surface area contributed by atoms with Gasteiger partial charge in [0.15, 0.2) is 5.69 Å². The first-order chi connectivity index (χ1) is 15.2. The molecule has 0 atom stereocenters. The molecular formula is C20H27BrN6O4S. The molecule has 0 spiro atoms. The molecule has 174 valence electrons. The lowest BCUT2D eigenvalue weighted by molar-refractivity contribution is 0.102. The van der Waals surface area contributed by atoms with E-state index in [4.69, 9.17) is 10.2 Å². The van der Waals surface area contributed by atoms with E-state index in [1.807, 2.05) is 25.2 Å². The molecule has 0 saturated carbocycles. The van der Waals surface area contributed by atoms with Crippen LogP contribution < -0.4 is 16.0 Å². The summed E-state index contributed by atoms with van der Waals surface area (Å²) < 4.78 is 33.4. The number of likely N-dealkylation sites (tertiary alicyclic amines) is 1. The SMILES string of the molecule is CN1CCC(S(=O)(=O)N2CCN(c3ccc(Br)c(NC(=O)c4coc(N)n4)c3)CC2)CC1. The normalized spacial score (nSPS) is 19.2. The molecule has 10 nitrogen and oxygen atoms in total. The summed E-state index contributed by atoms with van der Waals surface area (Å²) in [5.41, 5.74) is 7.01. The number of piperazine rings is 1. The van der Waals surface area contributed by atoms with Crippen molar-refractivity contribution >= 4 is 49.2 Å². The number of sulfonamides is 1. The number of nitrogens with one attached hydrogen (secondary N) is 1. The molecule has 0 unspecified atom stereocenters. The van der Waals surface area contributed by atoms with Crippen LogP contribution in [0.4, 0.5) is 17.4 Å². The Kier molecular flexibility index (Phi) is 6.75. The van der Waals surface area contributed by atoms with Gasteiger partial charge in [-0.15, -0.1) is 0 Å². The van der Waals surface area contributed by atoms with Gasteiger partial charge in [-0.2, -0.15) is 9.29 Å². The highest BCUT2D eigenvalue weighted by Gasteiger charge is 2.35. The van der Waals surface area contributed by atoms with E-state index in [-0.39, 0.29) is 17.0 Å². The number of carbonyl (C=O) groups is 1. The number of piperidine rings is 1. The zero-order chi connectivity index (χ0) is 22.9. The molecule has 0 bridgehead atoms. The Hall–Kier alpha value is -2.15. The van der Waals surface area contributed by atoms with Crippen molar-refractivity contribution in [2.75, 3.05) is 62.3 Å². The second-order valence-electron chi connectivity index (χ2n) is 8.12. The quantitative estimate of drug-likeness (QED) is 0.604. The maximum Gasteiger partial charge on any atom is 0.292 e. The predicted octanol–water partition coefficient (Wildman–Crippen LogP) is 1.82. The van der Waals surface area contributed by atoms with Gasteiger partial charge in [0.1, 0.15) is 6.26 Å². The molecule has 12 heteroatoms. The number of nitrogens with two attached hydrogens (primary N) is 1. The van der Waals surface area contributed by atoms with Gasteiger partial charge >= 0.3 is 0 Å². The second kappa shape index (κ2) is 9.38. The van der Waals surface area contributed by atoms with E-state index < -0.39 is 15.9 Å². The molecule has 1 amide bonds. The number of anilines is 3. The molecule has 0 aliphatic carbocycles. The Morgan fingerprint density at radius 2 is 1.88 bits per heavy atom. The van der Waals surface area contributed by atoms with Crippen LogP contribution in [-0.2, 0) is 10.0 Å². The smallest absolute Gasteiger partial charge is 0.292 e. The largest absolute Gasteiger partial charge is 0.431 e. The molecule has 2 aromatic rings. The van der Waals surface area contributed by atoms with Crippen LogP contribution >= 0.6 is 15.9 Å². The van der Waals surface area contributed by atoms with Crippen molar-refractivity contribution in [3.05, 3.63) is 34.6 Å². The van der Waals surface area contributed by atoms with Gasteiger partial charge in [-0.05, 0) is 67.1 Å². The molecule has 3 N–H and O–H groups in total. The van der Waals surface area contributed by atoms with Gasteiger partial charge in [0.25, 0.3) is 11.9 Å². The minimum Gasteiger partial charge on any atom is -0.431 e. The van der Waals surface area contributed by atoms with Crippen molar-refractivity contribution in [1.82, 2.24) is 14.2 Å². The molecule has 4 rings (SSSR count).